The third-order valence-electron chi connectivity index (χ3n) is 4.78. The number of fused-ring (bicyclic) bond motifs is 1. The molecule has 8 nitrogen and oxygen atoms in total. The summed E-state index contributed by atoms with van der Waals surface area (Å²) in [6.07, 6.45) is -2.42. The fourth-order valence-corrected chi connectivity index (χ4v) is 3.07. The fourth-order valence-electron chi connectivity index (χ4n) is 3.07. The van der Waals surface area contributed by atoms with E-state index in [1.165, 1.54) is 10.7 Å². The lowest BCUT2D eigenvalue weighted by Gasteiger charge is -2.20. The van der Waals surface area contributed by atoms with Crippen LogP contribution in [-0.2, 0) is 0 Å². The zero-order valence-corrected chi connectivity index (χ0v) is 16.0. The Morgan fingerprint density at radius 1 is 1.31 bits per heavy atom. The first kappa shape index (κ1) is 19.3. The molecule has 1 amide bonds. The number of aryl methyl sites for hydroxylation is 1. The second-order valence-electron chi connectivity index (χ2n) is 7.51. The van der Waals surface area contributed by atoms with Crippen LogP contribution in [0, 0.1) is 12.8 Å². The van der Waals surface area contributed by atoms with Gasteiger partial charge in [-0.05, 0) is 31.7 Å². The topological polar surface area (TPSA) is 98.2 Å². The molecule has 3 aromatic rings. The van der Waals surface area contributed by atoms with E-state index >= 15 is 0 Å². The summed E-state index contributed by atoms with van der Waals surface area (Å²) < 4.78 is 46.8. The molecule has 0 radical (unpaired) electrons. The second kappa shape index (κ2) is 6.82. The van der Waals surface area contributed by atoms with E-state index in [9.17, 15) is 18.0 Å². The van der Waals surface area contributed by atoms with Crippen LogP contribution in [0.3, 0.4) is 0 Å². The van der Waals surface area contributed by atoms with Gasteiger partial charge in [0, 0.05) is 11.6 Å². The zero-order valence-electron chi connectivity index (χ0n) is 16.0. The van der Waals surface area contributed by atoms with Crippen LogP contribution in [0.5, 0.6) is 0 Å². The molecule has 1 N–H and O–H groups in total. The first-order valence-corrected chi connectivity index (χ1v) is 9.22. The lowest BCUT2D eigenvalue weighted by Crippen LogP contribution is -2.46. The molecule has 0 spiro atoms. The highest BCUT2D eigenvalue weighted by Gasteiger charge is 2.49. The van der Waals surface area contributed by atoms with Crippen molar-refractivity contribution < 1.29 is 22.4 Å². The molecule has 154 valence electrons. The van der Waals surface area contributed by atoms with Gasteiger partial charge in [-0.15, -0.1) is 10.2 Å². The molecule has 0 unspecified atom stereocenters. The summed E-state index contributed by atoms with van der Waals surface area (Å²) in [5, 5.41) is 14.1. The Morgan fingerprint density at radius 3 is 2.62 bits per heavy atom. The van der Waals surface area contributed by atoms with E-state index in [0.717, 1.165) is 0 Å². The van der Waals surface area contributed by atoms with E-state index in [4.69, 9.17) is 4.42 Å². The maximum atomic E-state index is 13.3. The molecule has 1 atom stereocenters. The first-order valence-electron chi connectivity index (χ1n) is 9.22. The number of halogens is 3. The minimum absolute atomic E-state index is 0.0270. The molecule has 1 aliphatic rings. The van der Waals surface area contributed by atoms with Crippen molar-refractivity contribution in [3.8, 4) is 11.6 Å². The van der Waals surface area contributed by atoms with Crippen molar-refractivity contribution in [1.82, 2.24) is 30.1 Å². The predicted octanol–water partition coefficient (Wildman–Crippen LogP) is 3.28. The van der Waals surface area contributed by atoms with Crippen molar-refractivity contribution in [3.05, 3.63) is 29.4 Å². The summed E-state index contributed by atoms with van der Waals surface area (Å²) in [6, 6.07) is -0.221. The van der Waals surface area contributed by atoms with Crippen LogP contribution >= 0.6 is 0 Å². The molecule has 0 aliphatic heterocycles. The van der Waals surface area contributed by atoms with Crippen molar-refractivity contribution in [2.45, 2.75) is 51.7 Å². The molecule has 29 heavy (non-hydrogen) atoms. The van der Waals surface area contributed by atoms with Crippen molar-refractivity contribution in [2.75, 3.05) is 0 Å². The van der Waals surface area contributed by atoms with Crippen LogP contribution in [0.25, 0.3) is 17.2 Å². The molecule has 1 saturated carbocycles. The standard InChI is InChI=1S/C18H19F3N6O2/c1-8(2)16-25-26-17(29-16)12-6-9(3)27-14(23-12)11(7-22-27)15(28)24-13(10-4-5-10)18(19,20)21/h6-8,10,13H,4-5H2,1-3H3,(H,24,28)/t13-/m1/s1. The molecule has 1 fully saturated rings. The lowest BCUT2D eigenvalue weighted by atomic mass is 10.1. The highest BCUT2D eigenvalue weighted by atomic mass is 19.4. The predicted molar refractivity (Wildman–Crippen MR) is 95.1 cm³/mol. The van der Waals surface area contributed by atoms with Crippen LogP contribution < -0.4 is 5.32 Å². The summed E-state index contributed by atoms with van der Waals surface area (Å²) in [5.41, 5.74) is 1.01. The Labute approximate surface area is 163 Å². The van der Waals surface area contributed by atoms with Gasteiger partial charge in [0.1, 0.15) is 17.3 Å². The van der Waals surface area contributed by atoms with E-state index in [1.807, 2.05) is 13.8 Å². The summed E-state index contributed by atoms with van der Waals surface area (Å²) >= 11 is 0. The van der Waals surface area contributed by atoms with Crippen molar-refractivity contribution >= 4 is 11.6 Å². The lowest BCUT2D eigenvalue weighted by molar-refractivity contribution is -0.158. The van der Waals surface area contributed by atoms with Gasteiger partial charge < -0.3 is 9.73 Å². The maximum Gasteiger partial charge on any atom is 0.408 e. The van der Waals surface area contributed by atoms with Crippen molar-refractivity contribution in [3.63, 3.8) is 0 Å². The number of hydrogen-bond donors (Lipinski definition) is 1. The minimum Gasteiger partial charge on any atom is -0.419 e. The highest BCUT2D eigenvalue weighted by Crippen LogP contribution is 2.40. The average Bonchev–Trinajstić information content (AvgIpc) is 3.17. The monoisotopic (exact) mass is 408 g/mol. The molecule has 0 bridgehead atoms. The van der Waals surface area contributed by atoms with E-state index in [2.05, 4.69) is 25.6 Å². The van der Waals surface area contributed by atoms with Gasteiger partial charge in [0.25, 0.3) is 11.8 Å². The van der Waals surface area contributed by atoms with Crippen LogP contribution in [0.15, 0.2) is 16.7 Å². The van der Waals surface area contributed by atoms with E-state index < -0.39 is 24.0 Å². The van der Waals surface area contributed by atoms with Crippen LogP contribution in [-0.4, -0.2) is 42.9 Å². The van der Waals surface area contributed by atoms with Gasteiger partial charge in [-0.2, -0.15) is 18.3 Å². The summed E-state index contributed by atoms with van der Waals surface area (Å²) in [5.74, 6) is -0.828. The van der Waals surface area contributed by atoms with Gasteiger partial charge in [0.2, 0.25) is 5.89 Å². The first-order chi connectivity index (χ1) is 13.6. The third kappa shape index (κ3) is 3.68. The van der Waals surface area contributed by atoms with Crippen molar-refractivity contribution in [2.24, 2.45) is 5.92 Å². The fraction of sp³-hybridized carbons (Fsp3) is 0.500. The number of hydrogen-bond acceptors (Lipinski definition) is 6. The summed E-state index contributed by atoms with van der Waals surface area (Å²) in [6.45, 7) is 5.53. The maximum absolute atomic E-state index is 13.3. The highest BCUT2D eigenvalue weighted by molar-refractivity contribution is 6.00. The quantitative estimate of drug-likeness (QED) is 0.696. The molecule has 0 aromatic carbocycles. The second-order valence-corrected chi connectivity index (χ2v) is 7.51. The number of alkyl halides is 3. The number of aromatic nitrogens is 5. The smallest absolute Gasteiger partial charge is 0.408 e. The molecule has 1 aliphatic carbocycles. The van der Waals surface area contributed by atoms with Crippen molar-refractivity contribution in [1.29, 1.82) is 0 Å². The van der Waals surface area contributed by atoms with Crippen LogP contribution in [0.4, 0.5) is 13.2 Å². The van der Waals surface area contributed by atoms with Gasteiger partial charge in [-0.3, -0.25) is 4.79 Å². The Balaban J connectivity index is 1.70. The van der Waals surface area contributed by atoms with Gasteiger partial charge in [0.05, 0.1) is 6.20 Å². The molecule has 11 heteroatoms. The normalized spacial score (nSPS) is 15.8. The summed E-state index contributed by atoms with van der Waals surface area (Å²) in [7, 11) is 0. The molecular weight excluding hydrogens is 389 g/mol. The van der Waals surface area contributed by atoms with Gasteiger partial charge in [0.15, 0.2) is 5.65 Å². The Hall–Kier alpha value is -2.98. The Kier molecular flexibility index (Phi) is 4.55. The molecule has 3 aromatic heterocycles. The Morgan fingerprint density at radius 2 is 2.03 bits per heavy atom. The third-order valence-corrected chi connectivity index (χ3v) is 4.78. The molecular formula is C18H19F3N6O2. The number of rotatable bonds is 5. The largest absolute Gasteiger partial charge is 0.419 e. The average molecular weight is 408 g/mol. The number of carbonyl (C=O) groups excluding carboxylic acids is 1. The summed E-state index contributed by atoms with van der Waals surface area (Å²) in [4.78, 5) is 17.0. The molecule has 3 heterocycles. The minimum atomic E-state index is -4.51. The number of amides is 1. The van der Waals surface area contributed by atoms with E-state index in [-0.39, 0.29) is 23.0 Å². The number of nitrogens with zero attached hydrogens (tertiary/aromatic N) is 5. The SMILES string of the molecule is Cc1cc(-c2nnc(C(C)C)o2)nc2c(C(=O)N[C@H](C3CC3)C(F)(F)F)cnn12. The Bertz CT molecular complexity index is 1070. The van der Waals surface area contributed by atoms with E-state index in [1.54, 1.807) is 13.0 Å². The zero-order chi connectivity index (χ0) is 20.9. The van der Waals surface area contributed by atoms with Gasteiger partial charge in [-0.25, -0.2) is 9.50 Å². The number of carbonyl (C=O) groups is 1. The molecule has 0 saturated heterocycles. The van der Waals surface area contributed by atoms with Crippen LogP contribution in [0.1, 0.15) is 54.5 Å². The van der Waals surface area contributed by atoms with Crippen LogP contribution in [0.2, 0.25) is 0 Å². The van der Waals surface area contributed by atoms with Gasteiger partial charge >= 0.3 is 6.18 Å². The van der Waals surface area contributed by atoms with E-state index in [0.29, 0.717) is 30.1 Å². The van der Waals surface area contributed by atoms with Gasteiger partial charge in [-0.1, -0.05) is 13.8 Å². The number of nitrogens with one attached hydrogen (secondary N) is 1. The molecule has 4 rings (SSSR count).